The van der Waals surface area contributed by atoms with E-state index in [1.165, 1.54) is 0 Å². The highest BCUT2D eigenvalue weighted by atomic mass is 16.6. The molecule has 1 aliphatic carbocycles. The quantitative estimate of drug-likeness (QED) is 0.790. The monoisotopic (exact) mass is 295 g/mol. The first-order valence-corrected chi connectivity index (χ1v) is 7.19. The molecule has 0 spiro atoms. The molecular formula is C16H25NO4. The van der Waals surface area contributed by atoms with Gasteiger partial charge in [-0.15, -0.1) is 0 Å². The average Bonchev–Trinajstić information content (AvgIpc) is 2.40. The number of amides is 1. The summed E-state index contributed by atoms with van der Waals surface area (Å²) in [6.45, 7) is 6.15. The van der Waals surface area contributed by atoms with Crippen LogP contribution in [0.1, 0.15) is 33.6 Å². The van der Waals surface area contributed by atoms with E-state index in [-0.39, 0.29) is 13.2 Å². The standard InChI is InChI=1S/C16H25NO4/c1-16(2,3)21-15(19)17-10-6-8-13-7-4-5-9-14(13)20-12-11-18/h5-6,8-9,18H,4,7,10-12H2,1-3H3,(H,17,19)/b8-6-. The Morgan fingerprint density at radius 1 is 1.48 bits per heavy atom. The second-order valence-corrected chi connectivity index (χ2v) is 5.69. The Kier molecular flexibility index (Phi) is 7.02. The summed E-state index contributed by atoms with van der Waals surface area (Å²) in [6.07, 6.45) is 9.18. The van der Waals surface area contributed by atoms with Gasteiger partial charge in [0.05, 0.1) is 6.61 Å². The van der Waals surface area contributed by atoms with Gasteiger partial charge in [-0.1, -0.05) is 18.2 Å². The van der Waals surface area contributed by atoms with Crippen LogP contribution in [-0.2, 0) is 9.47 Å². The molecule has 0 heterocycles. The molecular weight excluding hydrogens is 270 g/mol. The van der Waals surface area contributed by atoms with Gasteiger partial charge in [0.25, 0.3) is 0 Å². The topological polar surface area (TPSA) is 67.8 Å². The molecule has 0 saturated carbocycles. The number of carbonyl (C=O) groups excluding carboxylic acids is 1. The maximum absolute atomic E-state index is 11.5. The van der Waals surface area contributed by atoms with Crippen molar-refractivity contribution in [1.82, 2.24) is 5.32 Å². The van der Waals surface area contributed by atoms with Gasteiger partial charge in [-0.3, -0.25) is 0 Å². The number of allylic oxidation sites excluding steroid dienone is 4. The van der Waals surface area contributed by atoms with Gasteiger partial charge in [0.15, 0.2) is 0 Å². The third kappa shape index (κ3) is 7.56. The van der Waals surface area contributed by atoms with Crippen LogP contribution in [0.5, 0.6) is 0 Å². The summed E-state index contributed by atoms with van der Waals surface area (Å²) >= 11 is 0. The van der Waals surface area contributed by atoms with Crippen molar-refractivity contribution in [1.29, 1.82) is 0 Å². The van der Waals surface area contributed by atoms with Crippen molar-refractivity contribution in [3.63, 3.8) is 0 Å². The smallest absolute Gasteiger partial charge is 0.407 e. The van der Waals surface area contributed by atoms with Crippen molar-refractivity contribution in [2.24, 2.45) is 0 Å². The van der Waals surface area contributed by atoms with Crippen LogP contribution >= 0.6 is 0 Å². The summed E-state index contributed by atoms with van der Waals surface area (Å²) in [5.41, 5.74) is 0.576. The number of nitrogens with one attached hydrogen (secondary N) is 1. The SMILES string of the molecule is CC(C)(C)OC(=O)NC/C=C\C1=C(OCCO)C=CCC1. The molecule has 5 heteroatoms. The van der Waals surface area contributed by atoms with E-state index in [1.807, 2.05) is 45.1 Å². The minimum absolute atomic E-state index is 0.00542. The lowest BCUT2D eigenvalue weighted by molar-refractivity contribution is 0.0534. The Labute approximate surface area is 126 Å². The van der Waals surface area contributed by atoms with Gasteiger partial charge >= 0.3 is 6.09 Å². The molecule has 0 aliphatic heterocycles. The van der Waals surface area contributed by atoms with Crippen LogP contribution < -0.4 is 5.32 Å². The van der Waals surface area contributed by atoms with E-state index in [1.54, 1.807) is 0 Å². The van der Waals surface area contributed by atoms with Crippen LogP contribution in [0.3, 0.4) is 0 Å². The molecule has 0 bridgehead atoms. The Hall–Kier alpha value is -1.75. The summed E-state index contributed by atoms with van der Waals surface area (Å²) in [6, 6.07) is 0. The summed E-state index contributed by atoms with van der Waals surface area (Å²) in [4.78, 5) is 11.5. The van der Waals surface area contributed by atoms with Gasteiger partial charge in [-0.25, -0.2) is 4.79 Å². The second kappa shape index (κ2) is 8.52. The third-order valence-corrected chi connectivity index (χ3v) is 2.60. The molecule has 1 amide bonds. The highest BCUT2D eigenvalue weighted by molar-refractivity contribution is 5.67. The van der Waals surface area contributed by atoms with Crippen molar-refractivity contribution < 1.29 is 19.4 Å². The number of rotatable bonds is 6. The Morgan fingerprint density at radius 3 is 2.90 bits per heavy atom. The van der Waals surface area contributed by atoms with Gasteiger partial charge in [-0.2, -0.15) is 0 Å². The number of hydrogen-bond donors (Lipinski definition) is 2. The zero-order valence-corrected chi connectivity index (χ0v) is 13.0. The number of hydrogen-bond acceptors (Lipinski definition) is 4. The van der Waals surface area contributed by atoms with Crippen LogP contribution in [0.15, 0.2) is 35.6 Å². The van der Waals surface area contributed by atoms with E-state index in [9.17, 15) is 4.79 Å². The number of carbonyl (C=O) groups is 1. The molecule has 0 radical (unpaired) electrons. The van der Waals surface area contributed by atoms with Crippen LogP contribution in [0.4, 0.5) is 4.79 Å². The van der Waals surface area contributed by atoms with E-state index in [2.05, 4.69) is 5.32 Å². The zero-order chi connectivity index (χ0) is 15.7. The molecule has 5 nitrogen and oxygen atoms in total. The molecule has 1 rings (SSSR count). The predicted octanol–water partition coefficient (Wildman–Crippen LogP) is 2.68. The highest BCUT2D eigenvalue weighted by Crippen LogP contribution is 2.20. The van der Waals surface area contributed by atoms with Gasteiger partial charge in [-0.05, 0) is 45.3 Å². The average molecular weight is 295 g/mol. The Balaban J connectivity index is 2.45. The maximum Gasteiger partial charge on any atom is 0.407 e. The third-order valence-electron chi connectivity index (χ3n) is 2.60. The number of alkyl carbamates (subject to hydrolysis) is 1. The summed E-state index contributed by atoms with van der Waals surface area (Å²) < 4.78 is 10.6. The second-order valence-electron chi connectivity index (χ2n) is 5.69. The van der Waals surface area contributed by atoms with Crippen molar-refractivity contribution in [3.8, 4) is 0 Å². The first-order chi connectivity index (χ1) is 9.92. The number of aliphatic hydroxyl groups excluding tert-OH is 1. The molecule has 0 saturated heterocycles. The lowest BCUT2D eigenvalue weighted by Crippen LogP contribution is -2.32. The molecule has 0 unspecified atom stereocenters. The van der Waals surface area contributed by atoms with Gasteiger partial charge in [0.2, 0.25) is 0 Å². The molecule has 0 aromatic rings. The molecule has 21 heavy (non-hydrogen) atoms. The van der Waals surface area contributed by atoms with E-state index in [0.29, 0.717) is 6.54 Å². The number of ether oxygens (including phenoxy) is 2. The Bertz CT molecular complexity index is 430. The van der Waals surface area contributed by atoms with Gasteiger partial charge in [0.1, 0.15) is 18.0 Å². The molecule has 1 aliphatic rings. The minimum Gasteiger partial charge on any atom is -0.491 e. The largest absolute Gasteiger partial charge is 0.491 e. The summed E-state index contributed by atoms with van der Waals surface area (Å²) in [7, 11) is 0. The fourth-order valence-corrected chi connectivity index (χ4v) is 1.78. The van der Waals surface area contributed by atoms with E-state index < -0.39 is 11.7 Å². The lowest BCUT2D eigenvalue weighted by atomic mass is 10.0. The van der Waals surface area contributed by atoms with Gasteiger partial charge < -0.3 is 19.9 Å². The van der Waals surface area contributed by atoms with Crippen LogP contribution in [-0.4, -0.2) is 36.6 Å². The zero-order valence-electron chi connectivity index (χ0n) is 13.0. The lowest BCUT2D eigenvalue weighted by Gasteiger charge is -2.19. The highest BCUT2D eigenvalue weighted by Gasteiger charge is 2.15. The maximum atomic E-state index is 11.5. The van der Waals surface area contributed by atoms with Crippen molar-refractivity contribution in [3.05, 3.63) is 35.6 Å². The fourth-order valence-electron chi connectivity index (χ4n) is 1.78. The first kappa shape index (κ1) is 17.3. The van der Waals surface area contributed by atoms with Crippen LogP contribution in [0, 0.1) is 0 Å². The van der Waals surface area contributed by atoms with E-state index in [4.69, 9.17) is 14.6 Å². The molecule has 2 N–H and O–H groups in total. The Morgan fingerprint density at radius 2 is 2.24 bits per heavy atom. The molecule has 0 fully saturated rings. The van der Waals surface area contributed by atoms with E-state index in [0.717, 1.165) is 24.2 Å². The van der Waals surface area contributed by atoms with Crippen molar-refractivity contribution in [2.45, 2.75) is 39.2 Å². The van der Waals surface area contributed by atoms with Crippen molar-refractivity contribution >= 4 is 6.09 Å². The normalized spacial score (nSPS) is 15.4. The molecule has 0 aromatic carbocycles. The molecule has 118 valence electrons. The summed E-state index contributed by atoms with van der Waals surface area (Å²) in [5, 5.41) is 11.5. The molecule has 0 atom stereocenters. The van der Waals surface area contributed by atoms with Crippen LogP contribution in [0.2, 0.25) is 0 Å². The first-order valence-electron chi connectivity index (χ1n) is 7.19. The van der Waals surface area contributed by atoms with E-state index >= 15 is 0 Å². The summed E-state index contributed by atoms with van der Waals surface area (Å²) in [5.74, 6) is 0.781. The number of aliphatic hydroxyl groups is 1. The van der Waals surface area contributed by atoms with Gasteiger partial charge in [0, 0.05) is 6.54 Å². The fraction of sp³-hybridized carbons (Fsp3) is 0.562. The molecule has 0 aromatic heterocycles. The predicted molar refractivity (Wildman–Crippen MR) is 81.8 cm³/mol. The minimum atomic E-state index is -0.490. The van der Waals surface area contributed by atoms with Crippen molar-refractivity contribution in [2.75, 3.05) is 19.8 Å². The van der Waals surface area contributed by atoms with Crippen LogP contribution in [0.25, 0.3) is 0 Å².